The van der Waals surface area contributed by atoms with Gasteiger partial charge in [0, 0.05) is 25.2 Å². The van der Waals surface area contributed by atoms with Crippen molar-refractivity contribution in [3.63, 3.8) is 0 Å². The van der Waals surface area contributed by atoms with Gasteiger partial charge in [-0.2, -0.15) is 17.4 Å². The molecule has 0 aliphatic heterocycles. The lowest BCUT2D eigenvalue weighted by atomic mass is 10.4. The van der Waals surface area contributed by atoms with Crippen LogP contribution in [0, 0.1) is 0 Å². The van der Waals surface area contributed by atoms with E-state index >= 15 is 0 Å². The summed E-state index contributed by atoms with van der Waals surface area (Å²) in [6, 6.07) is -0.305. The Morgan fingerprint density at radius 1 is 1.45 bits per heavy atom. The van der Waals surface area contributed by atoms with Crippen LogP contribution in [0.5, 0.6) is 0 Å². The Morgan fingerprint density at radius 2 is 2.20 bits per heavy atom. The number of nitrogens with one attached hydrogen (secondary N) is 2. The number of hydrogen-bond acceptors (Lipinski definition) is 5. The highest BCUT2D eigenvalue weighted by atomic mass is 32.2. The highest BCUT2D eigenvalue weighted by Gasteiger charge is 2.21. The van der Waals surface area contributed by atoms with Gasteiger partial charge in [0.05, 0.1) is 6.04 Å². The summed E-state index contributed by atoms with van der Waals surface area (Å²) in [6.45, 7) is 6.20. The number of rotatable bonds is 10. The Balaban J connectivity index is 2.39. The van der Waals surface area contributed by atoms with Crippen LogP contribution in [-0.4, -0.2) is 44.4 Å². The van der Waals surface area contributed by atoms with Crippen LogP contribution in [0.1, 0.15) is 37.7 Å². The molecule has 1 aromatic heterocycles. The Bertz CT molecular complexity index is 462. The lowest BCUT2D eigenvalue weighted by Gasteiger charge is -2.20. The first-order chi connectivity index (χ1) is 9.47. The molecule has 0 spiro atoms. The van der Waals surface area contributed by atoms with E-state index < -0.39 is 10.2 Å². The molecule has 0 amide bonds. The summed E-state index contributed by atoms with van der Waals surface area (Å²) >= 11 is 1.44. The van der Waals surface area contributed by atoms with Crippen molar-refractivity contribution in [3.05, 3.63) is 16.6 Å². The summed E-state index contributed by atoms with van der Waals surface area (Å²) in [4.78, 5) is 4.12. The Kier molecular flexibility index (Phi) is 7.60. The summed E-state index contributed by atoms with van der Waals surface area (Å²) in [7, 11) is -1.86. The Morgan fingerprint density at radius 3 is 2.80 bits per heavy atom. The average Bonchev–Trinajstić information content (AvgIpc) is 2.91. The van der Waals surface area contributed by atoms with Crippen LogP contribution < -0.4 is 10.0 Å². The lowest BCUT2D eigenvalue weighted by molar-refractivity contribution is 0.438. The second kappa shape index (κ2) is 8.68. The molecule has 0 saturated heterocycles. The average molecular weight is 320 g/mol. The van der Waals surface area contributed by atoms with E-state index in [1.54, 1.807) is 20.2 Å². The SMILES string of the molecule is CCCNCCCN(C)S(=O)(=O)NC(C)c1nccs1. The van der Waals surface area contributed by atoms with Crippen LogP contribution in [0.25, 0.3) is 0 Å². The van der Waals surface area contributed by atoms with E-state index in [0.29, 0.717) is 6.54 Å². The highest BCUT2D eigenvalue weighted by Crippen LogP contribution is 2.16. The van der Waals surface area contributed by atoms with Crippen molar-refractivity contribution in [1.82, 2.24) is 19.3 Å². The quantitative estimate of drug-likeness (QED) is 0.638. The fraction of sp³-hybridized carbons (Fsp3) is 0.750. The van der Waals surface area contributed by atoms with Gasteiger partial charge in [0.2, 0.25) is 0 Å². The highest BCUT2D eigenvalue weighted by molar-refractivity contribution is 7.87. The zero-order valence-corrected chi connectivity index (χ0v) is 13.9. The first-order valence-corrected chi connectivity index (χ1v) is 9.13. The fourth-order valence-corrected chi connectivity index (χ4v) is 3.49. The minimum atomic E-state index is -3.46. The van der Waals surface area contributed by atoms with Crippen molar-refractivity contribution in [2.24, 2.45) is 0 Å². The number of hydrogen-bond donors (Lipinski definition) is 2. The van der Waals surface area contributed by atoms with Crippen molar-refractivity contribution in [2.75, 3.05) is 26.7 Å². The molecule has 0 aliphatic carbocycles. The molecule has 1 unspecified atom stereocenters. The van der Waals surface area contributed by atoms with Crippen LogP contribution in [0.3, 0.4) is 0 Å². The molecule has 8 heteroatoms. The summed E-state index contributed by atoms with van der Waals surface area (Å²) in [5.74, 6) is 0. The molecular weight excluding hydrogens is 296 g/mol. The molecule has 1 rings (SSSR count). The Hall–Kier alpha value is -0.540. The normalized spacial score (nSPS) is 13.8. The molecule has 0 radical (unpaired) electrons. The van der Waals surface area contributed by atoms with Crippen molar-refractivity contribution in [3.8, 4) is 0 Å². The standard InChI is InChI=1S/C12H24N4O2S2/c1-4-6-13-7-5-9-16(3)20(17,18)15-11(2)12-14-8-10-19-12/h8,10-11,13,15H,4-7,9H2,1-3H3. The van der Waals surface area contributed by atoms with Crippen LogP contribution in [0.15, 0.2) is 11.6 Å². The molecule has 116 valence electrons. The van der Waals surface area contributed by atoms with Crippen molar-refractivity contribution in [2.45, 2.75) is 32.7 Å². The Labute approximate surface area is 125 Å². The predicted octanol–water partition coefficient (Wildman–Crippen LogP) is 1.36. The third-order valence-electron chi connectivity index (χ3n) is 2.81. The third-order valence-corrected chi connectivity index (χ3v) is 5.42. The van der Waals surface area contributed by atoms with Crippen molar-refractivity contribution in [1.29, 1.82) is 0 Å². The van der Waals surface area contributed by atoms with Gasteiger partial charge in [-0.1, -0.05) is 6.92 Å². The maximum Gasteiger partial charge on any atom is 0.279 e. The number of nitrogens with zero attached hydrogens (tertiary/aromatic N) is 2. The zero-order valence-electron chi connectivity index (χ0n) is 12.3. The monoisotopic (exact) mass is 320 g/mol. The molecule has 2 N–H and O–H groups in total. The first-order valence-electron chi connectivity index (χ1n) is 6.81. The van der Waals surface area contributed by atoms with Crippen LogP contribution in [0.4, 0.5) is 0 Å². The van der Waals surface area contributed by atoms with Gasteiger partial charge in [0.25, 0.3) is 10.2 Å². The zero-order chi connectivity index (χ0) is 15.0. The van der Waals surface area contributed by atoms with Crippen LogP contribution in [0.2, 0.25) is 0 Å². The van der Waals surface area contributed by atoms with Gasteiger partial charge in [-0.3, -0.25) is 0 Å². The number of thiazole rings is 1. The van der Waals surface area contributed by atoms with Gasteiger partial charge < -0.3 is 5.32 Å². The molecule has 0 aromatic carbocycles. The smallest absolute Gasteiger partial charge is 0.279 e. The second-order valence-corrected chi connectivity index (χ2v) is 7.38. The molecule has 0 bridgehead atoms. The van der Waals surface area contributed by atoms with Crippen LogP contribution in [-0.2, 0) is 10.2 Å². The van der Waals surface area contributed by atoms with Crippen LogP contribution >= 0.6 is 11.3 Å². The van der Waals surface area contributed by atoms with Crippen molar-refractivity contribution >= 4 is 21.5 Å². The summed E-state index contributed by atoms with van der Waals surface area (Å²) in [5.41, 5.74) is 0. The van der Waals surface area contributed by atoms with Gasteiger partial charge in [-0.25, -0.2) is 4.98 Å². The fourth-order valence-electron chi connectivity index (χ4n) is 1.66. The van der Waals surface area contributed by atoms with Gasteiger partial charge in [-0.15, -0.1) is 11.3 Å². The summed E-state index contributed by atoms with van der Waals surface area (Å²) < 4.78 is 28.2. The molecule has 1 aromatic rings. The molecule has 1 atom stereocenters. The molecule has 0 fully saturated rings. The maximum atomic E-state index is 12.1. The molecule has 0 saturated carbocycles. The maximum absolute atomic E-state index is 12.1. The molecule has 20 heavy (non-hydrogen) atoms. The van der Waals surface area contributed by atoms with E-state index in [9.17, 15) is 8.42 Å². The molecule has 6 nitrogen and oxygen atoms in total. The molecular formula is C12H24N4O2S2. The lowest BCUT2D eigenvalue weighted by Crippen LogP contribution is -2.40. The van der Waals surface area contributed by atoms with E-state index in [2.05, 4.69) is 21.9 Å². The topological polar surface area (TPSA) is 74.3 Å². The van der Waals surface area contributed by atoms with Crippen molar-refractivity contribution < 1.29 is 8.42 Å². The van der Waals surface area contributed by atoms with Gasteiger partial charge in [-0.05, 0) is 32.9 Å². The first kappa shape index (κ1) is 17.5. The largest absolute Gasteiger partial charge is 0.317 e. The van der Waals surface area contributed by atoms with Gasteiger partial charge >= 0.3 is 0 Å². The number of aromatic nitrogens is 1. The second-order valence-electron chi connectivity index (χ2n) is 4.64. The summed E-state index contributed by atoms with van der Waals surface area (Å²) in [6.07, 6.45) is 3.55. The minimum absolute atomic E-state index is 0.305. The van der Waals surface area contributed by atoms with Gasteiger partial charge in [0.1, 0.15) is 5.01 Å². The van der Waals surface area contributed by atoms with E-state index in [1.807, 2.05) is 5.38 Å². The van der Waals surface area contributed by atoms with E-state index in [0.717, 1.165) is 30.9 Å². The van der Waals surface area contributed by atoms with Gasteiger partial charge in [0.15, 0.2) is 0 Å². The minimum Gasteiger partial charge on any atom is -0.317 e. The van der Waals surface area contributed by atoms with E-state index in [1.165, 1.54) is 15.6 Å². The predicted molar refractivity (Wildman–Crippen MR) is 83.0 cm³/mol. The summed E-state index contributed by atoms with van der Waals surface area (Å²) in [5, 5.41) is 5.86. The third kappa shape index (κ3) is 5.84. The van der Waals surface area contributed by atoms with E-state index in [4.69, 9.17) is 0 Å². The molecule has 0 aliphatic rings. The van der Waals surface area contributed by atoms with E-state index in [-0.39, 0.29) is 6.04 Å². The molecule has 1 heterocycles.